The van der Waals surface area contributed by atoms with Crippen molar-refractivity contribution in [3.63, 3.8) is 0 Å². The number of carbonyl (C=O) groups is 1. The van der Waals surface area contributed by atoms with Crippen LogP contribution < -0.4 is 5.32 Å². The predicted octanol–water partition coefficient (Wildman–Crippen LogP) is 1.17. The molecule has 0 aliphatic heterocycles. The van der Waals surface area contributed by atoms with E-state index in [1.807, 2.05) is 20.8 Å². The summed E-state index contributed by atoms with van der Waals surface area (Å²) in [5.74, 6) is 2.59. The Morgan fingerprint density at radius 3 is 2.36 bits per heavy atom. The molecule has 0 aliphatic carbocycles. The third kappa shape index (κ3) is 3.08. The third-order valence-electron chi connectivity index (χ3n) is 1.87. The second-order valence-electron chi connectivity index (χ2n) is 3.29. The SMILES string of the molecule is C#CC(C)(C)C(C)NC(C)=O. The van der Waals surface area contributed by atoms with Gasteiger partial charge >= 0.3 is 0 Å². The van der Waals surface area contributed by atoms with E-state index < -0.39 is 0 Å². The van der Waals surface area contributed by atoms with Crippen LogP contribution in [0.5, 0.6) is 0 Å². The Bertz CT molecular complexity index is 188. The standard InChI is InChI=1S/C9H15NO/c1-6-9(4,5)7(2)10-8(3)11/h1,7H,2-5H3,(H,10,11). The van der Waals surface area contributed by atoms with Gasteiger partial charge in [0.1, 0.15) is 0 Å². The van der Waals surface area contributed by atoms with Crippen LogP contribution in [0, 0.1) is 17.8 Å². The average molecular weight is 153 g/mol. The van der Waals surface area contributed by atoms with Crippen LogP contribution in [-0.2, 0) is 4.79 Å². The highest BCUT2D eigenvalue weighted by atomic mass is 16.1. The van der Waals surface area contributed by atoms with Crippen LogP contribution in [0.25, 0.3) is 0 Å². The number of nitrogens with one attached hydrogen (secondary N) is 1. The van der Waals surface area contributed by atoms with Crippen molar-refractivity contribution in [1.82, 2.24) is 5.32 Å². The highest BCUT2D eigenvalue weighted by molar-refractivity contribution is 5.73. The monoisotopic (exact) mass is 153 g/mol. The molecule has 2 nitrogen and oxygen atoms in total. The minimum Gasteiger partial charge on any atom is -0.352 e. The van der Waals surface area contributed by atoms with Crippen molar-refractivity contribution >= 4 is 5.91 Å². The summed E-state index contributed by atoms with van der Waals surface area (Å²) in [6.45, 7) is 7.24. The van der Waals surface area contributed by atoms with Crippen LogP contribution in [0.15, 0.2) is 0 Å². The highest BCUT2D eigenvalue weighted by Gasteiger charge is 2.23. The van der Waals surface area contributed by atoms with Gasteiger partial charge < -0.3 is 5.32 Å². The molecular formula is C9H15NO. The van der Waals surface area contributed by atoms with E-state index in [0.29, 0.717) is 0 Å². The molecule has 11 heavy (non-hydrogen) atoms. The Kier molecular flexibility index (Phi) is 3.13. The fourth-order valence-corrected chi connectivity index (χ4v) is 0.610. The van der Waals surface area contributed by atoms with Crippen molar-refractivity contribution < 1.29 is 4.79 Å². The lowest BCUT2D eigenvalue weighted by Gasteiger charge is -2.26. The molecule has 0 aromatic carbocycles. The first-order valence-electron chi connectivity index (χ1n) is 3.65. The van der Waals surface area contributed by atoms with Crippen LogP contribution >= 0.6 is 0 Å². The molecule has 0 spiro atoms. The number of hydrogen-bond acceptors (Lipinski definition) is 1. The van der Waals surface area contributed by atoms with Gasteiger partial charge in [-0.15, -0.1) is 6.42 Å². The minimum atomic E-state index is -0.272. The number of rotatable bonds is 2. The quantitative estimate of drug-likeness (QED) is 0.593. The lowest BCUT2D eigenvalue weighted by molar-refractivity contribution is -0.120. The fourth-order valence-electron chi connectivity index (χ4n) is 0.610. The summed E-state index contributed by atoms with van der Waals surface area (Å²) in [5.41, 5.74) is -0.272. The molecule has 0 fully saturated rings. The molecule has 0 bridgehead atoms. The van der Waals surface area contributed by atoms with Crippen molar-refractivity contribution in [3.05, 3.63) is 0 Å². The largest absolute Gasteiger partial charge is 0.352 e. The van der Waals surface area contributed by atoms with Gasteiger partial charge in [0.05, 0.1) is 0 Å². The highest BCUT2D eigenvalue weighted by Crippen LogP contribution is 2.18. The summed E-state index contributed by atoms with van der Waals surface area (Å²) in [7, 11) is 0. The molecule has 0 aromatic rings. The Labute approximate surface area is 68.4 Å². The maximum atomic E-state index is 10.6. The summed E-state index contributed by atoms with van der Waals surface area (Å²) in [5, 5.41) is 2.75. The van der Waals surface area contributed by atoms with Gasteiger partial charge in [0, 0.05) is 18.4 Å². The zero-order valence-electron chi connectivity index (χ0n) is 7.56. The zero-order valence-corrected chi connectivity index (χ0v) is 7.56. The van der Waals surface area contributed by atoms with E-state index in [1.54, 1.807) is 0 Å². The fraction of sp³-hybridized carbons (Fsp3) is 0.667. The van der Waals surface area contributed by atoms with Gasteiger partial charge in [0.15, 0.2) is 0 Å². The topological polar surface area (TPSA) is 29.1 Å². The summed E-state index contributed by atoms with van der Waals surface area (Å²) in [4.78, 5) is 10.6. The summed E-state index contributed by atoms with van der Waals surface area (Å²) in [6, 6.07) is 0.0185. The van der Waals surface area contributed by atoms with Crippen LogP contribution in [0.2, 0.25) is 0 Å². The van der Waals surface area contributed by atoms with E-state index in [9.17, 15) is 4.79 Å². The molecule has 0 radical (unpaired) electrons. The zero-order chi connectivity index (χ0) is 9.07. The molecule has 2 heteroatoms. The predicted molar refractivity (Wildman–Crippen MR) is 45.9 cm³/mol. The van der Waals surface area contributed by atoms with Crippen molar-refractivity contribution in [2.24, 2.45) is 5.41 Å². The number of carbonyl (C=O) groups excluding carboxylic acids is 1. The van der Waals surface area contributed by atoms with Gasteiger partial charge in [-0.2, -0.15) is 0 Å². The lowest BCUT2D eigenvalue weighted by atomic mass is 9.86. The van der Waals surface area contributed by atoms with Crippen molar-refractivity contribution in [3.8, 4) is 12.3 Å². The van der Waals surface area contributed by atoms with Gasteiger partial charge in [0.25, 0.3) is 0 Å². The second kappa shape index (κ2) is 3.43. The third-order valence-corrected chi connectivity index (χ3v) is 1.87. The van der Waals surface area contributed by atoms with E-state index in [4.69, 9.17) is 6.42 Å². The molecule has 0 heterocycles. The molecule has 0 rings (SSSR count). The summed E-state index contributed by atoms with van der Waals surface area (Å²) >= 11 is 0. The Hall–Kier alpha value is -0.970. The second-order valence-corrected chi connectivity index (χ2v) is 3.29. The maximum absolute atomic E-state index is 10.6. The summed E-state index contributed by atoms with van der Waals surface area (Å²) in [6.07, 6.45) is 5.28. The first-order chi connectivity index (χ1) is 4.90. The van der Waals surface area contributed by atoms with Gasteiger partial charge in [-0.25, -0.2) is 0 Å². The normalized spacial score (nSPS) is 13.4. The van der Waals surface area contributed by atoms with E-state index in [1.165, 1.54) is 6.92 Å². The molecule has 0 saturated carbocycles. The Morgan fingerprint density at radius 2 is 2.09 bits per heavy atom. The summed E-state index contributed by atoms with van der Waals surface area (Å²) < 4.78 is 0. The van der Waals surface area contributed by atoms with E-state index >= 15 is 0 Å². The first-order valence-corrected chi connectivity index (χ1v) is 3.65. The number of terminal acetylenes is 1. The van der Waals surface area contributed by atoms with Crippen LogP contribution in [0.1, 0.15) is 27.7 Å². The molecule has 1 unspecified atom stereocenters. The molecule has 1 amide bonds. The Morgan fingerprint density at radius 1 is 1.64 bits per heavy atom. The molecule has 1 atom stereocenters. The van der Waals surface area contributed by atoms with Gasteiger partial charge in [-0.3, -0.25) is 4.79 Å². The molecular weight excluding hydrogens is 138 g/mol. The van der Waals surface area contributed by atoms with Crippen LogP contribution in [0.4, 0.5) is 0 Å². The van der Waals surface area contributed by atoms with Gasteiger partial charge in [-0.1, -0.05) is 5.92 Å². The van der Waals surface area contributed by atoms with E-state index in [0.717, 1.165) is 0 Å². The minimum absolute atomic E-state index is 0.0185. The van der Waals surface area contributed by atoms with E-state index in [2.05, 4.69) is 11.2 Å². The van der Waals surface area contributed by atoms with Crippen LogP contribution in [0.3, 0.4) is 0 Å². The first kappa shape index (κ1) is 10.0. The number of amides is 1. The van der Waals surface area contributed by atoms with Gasteiger partial charge in [-0.05, 0) is 20.8 Å². The van der Waals surface area contributed by atoms with Crippen molar-refractivity contribution in [2.45, 2.75) is 33.7 Å². The lowest BCUT2D eigenvalue weighted by Crippen LogP contribution is -2.41. The smallest absolute Gasteiger partial charge is 0.217 e. The average Bonchev–Trinajstić information content (AvgIpc) is 1.86. The van der Waals surface area contributed by atoms with Crippen molar-refractivity contribution in [1.29, 1.82) is 0 Å². The molecule has 0 aliphatic rings. The van der Waals surface area contributed by atoms with Gasteiger partial charge in [0.2, 0.25) is 5.91 Å². The molecule has 0 saturated heterocycles. The van der Waals surface area contributed by atoms with Crippen molar-refractivity contribution in [2.75, 3.05) is 0 Å². The molecule has 0 aromatic heterocycles. The molecule has 62 valence electrons. The van der Waals surface area contributed by atoms with Crippen LogP contribution in [-0.4, -0.2) is 11.9 Å². The Balaban J connectivity index is 4.15. The number of hydrogen-bond donors (Lipinski definition) is 1. The maximum Gasteiger partial charge on any atom is 0.217 e. The molecule has 1 N–H and O–H groups in total. The van der Waals surface area contributed by atoms with E-state index in [-0.39, 0.29) is 17.4 Å².